The lowest BCUT2D eigenvalue weighted by molar-refractivity contribution is -0.0204. The second kappa shape index (κ2) is 4.11. The van der Waals surface area contributed by atoms with Gasteiger partial charge in [-0.15, -0.1) is 0 Å². The summed E-state index contributed by atoms with van der Waals surface area (Å²) in [5.74, 6) is 1.23. The highest BCUT2D eigenvalue weighted by atomic mass is 16.3. The maximum atomic E-state index is 10.1. The van der Waals surface area contributed by atoms with Crippen molar-refractivity contribution in [3.8, 4) is 6.07 Å². The van der Waals surface area contributed by atoms with Gasteiger partial charge < -0.3 is 5.11 Å². The lowest BCUT2D eigenvalue weighted by Gasteiger charge is -2.37. The van der Waals surface area contributed by atoms with E-state index in [9.17, 15) is 5.11 Å². The van der Waals surface area contributed by atoms with Crippen molar-refractivity contribution in [2.45, 2.75) is 51.6 Å². The van der Waals surface area contributed by atoms with Gasteiger partial charge in [-0.3, -0.25) is 0 Å². The Morgan fingerprint density at radius 1 is 1.62 bits per heavy atom. The second-order valence-electron chi connectivity index (χ2n) is 4.66. The molecule has 1 aliphatic carbocycles. The summed E-state index contributed by atoms with van der Waals surface area (Å²) in [6, 6.07) is 2.09. The molecule has 1 aliphatic rings. The number of hydrogen-bond donors (Lipinski definition) is 1. The maximum absolute atomic E-state index is 10.1. The minimum absolute atomic E-state index is 0.302. The predicted octanol–water partition coefficient (Wildman–Crippen LogP) is 2.48. The third-order valence-electron chi connectivity index (χ3n) is 3.21. The molecule has 1 saturated carbocycles. The van der Waals surface area contributed by atoms with Crippen molar-refractivity contribution in [3.05, 3.63) is 0 Å². The van der Waals surface area contributed by atoms with Crippen LogP contribution in [-0.4, -0.2) is 10.7 Å². The van der Waals surface area contributed by atoms with Crippen LogP contribution in [0.4, 0.5) is 0 Å². The highest BCUT2D eigenvalue weighted by Crippen LogP contribution is 2.37. The monoisotopic (exact) mass is 181 g/mol. The van der Waals surface area contributed by atoms with Gasteiger partial charge in [-0.05, 0) is 31.1 Å². The minimum Gasteiger partial charge on any atom is -0.389 e. The third kappa shape index (κ3) is 2.70. The van der Waals surface area contributed by atoms with Crippen molar-refractivity contribution >= 4 is 0 Å². The number of rotatable bonds is 2. The van der Waals surface area contributed by atoms with Gasteiger partial charge in [0.15, 0.2) is 0 Å². The van der Waals surface area contributed by atoms with Crippen molar-refractivity contribution in [3.63, 3.8) is 0 Å². The Morgan fingerprint density at radius 3 is 2.85 bits per heavy atom. The lowest BCUT2D eigenvalue weighted by atomic mass is 9.72. The van der Waals surface area contributed by atoms with E-state index in [2.05, 4.69) is 19.9 Å². The zero-order valence-electron chi connectivity index (χ0n) is 8.58. The average molecular weight is 181 g/mol. The first-order chi connectivity index (χ1) is 6.07. The van der Waals surface area contributed by atoms with E-state index in [1.807, 2.05) is 0 Å². The minimum atomic E-state index is -0.679. The Balaban J connectivity index is 2.55. The van der Waals surface area contributed by atoms with Crippen LogP contribution in [0.25, 0.3) is 0 Å². The van der Waals surface area contributed by atoms with Crippen molar-refractivity contribution in [2.24, 2.45) is 11.8 Å². The van der Waals surface area contributed by atoms with Gasteiger partial charge in [0, 0.05) is 0 Å². The van der Waals surface area contributed by atoms with Crippen LogP contribution >= 0.6 is 0 Å². The molecule has 2 unspecified atom stereocenters. The van der Waals surface area contributed by atoms with Gasteiger partial charge in [0.05, 0.1) is 18.1 Å². The molecule has 0 heterocycles. The van der Waals surface area contributed by atoms with Crippen molar-refractivity contribution in [1.29, 1.82) is 5.26 Å². The van der Waals surface area contributed by atoms with Crippen LogP contribution in [-0.2, 0) is 0 Å². The normalized spacial score (nSPS) is 34.5. The molecule has 1 rings (SSSR count). The highest BCUT2D eigenvalue weighted by Gasteiger charge is 2.34. The number of hydrogen-bond acceptors (Lipinski definition) is 2. The topological polar surface area (TPSA) is 44.0 Å². The number of aliphatic hydroxyl groups is 1. The molecule has 0 bridgehead atoms. The summed E-state index contributed by atoms with van der Waals surface area (Å²) >= 11 is 0. The molecule has 2 atom stereocenters. The van der Waals surface area contributed by atoms with Crippen LogP contribution in [0.2, 0.25) is 0 Å². The third-order valence-corrected chi connectivity index (χ3v) is 3.21. The summed E-state index contributed by atoms with van der Waals surface area (Å²) in [5, 5.41) is 18.7. The van der Waals surface area contributed by atoms with E-state index in [-0.39, 0.29) is 0 Å². The fraction of sp³-hybridized carbons (Fsp3) is 0.909. The molecule has 0 aromatic heterocycles. The number of nitrogens with zero attached hydrogens (tertiary/aromatic N) is 1. The molecule has 13 heavy (non-hydrogen) atoms. The smallest absolute Gasteiger partial charge is 0.0779 e. The molecule has 0 aromatic carbocycles. The Hall–Kier alpha value is -0.550. The Labute approximate surface area is 80.6 Å². The van der Waals surface area contributed by atoms with E-state index < -0.39 is 5.60 Å². The SMILES string of the molecule is CC(C)C1CCCC(O)(CC#N)C1. The molecule has 1 N–H and O–H groups in total. The Morgan fingerprint density at radius 2 is 2.31 bits per heavy atom. The summed E-state index contributed by atoms with van der Waals surface area (Å²) in [6.45, 7) is 4.39. The zero-order valence-corrected chi connectivity index (χ0v) is 8.58. The summed E-state index contributed by atoms with van der Waals surface area (Å²) in [5.41, 5.74) is -0.679. The first kappa shape index (κ1) is 10.5. The lowest BCUT2D eigenvalue weighted by Crippen LogP contribution is -2.36. The zero-order chi connectivity index (χ0) is 9.90. The molecule has 0 aliphatic heterocycles. The molecule has 0 spiro atoms. The van der Waals surface area contributed by atoms with Crippen LogP contribution < -0.4 is 0 Å². The van der Waals surface area contributed by atoms with E-state index in [1.54, 1.807) is 0 Å². The average Bonchev–Trinajstić information content (AvgIpc) is 2.04. The quantitative estimate of drug-likeness (QED) is 0.711. The molecule has 0 radical (unpaired) electrons. The fourth-order valence-electron chi connectivity index (χ4n) is 2.26. The first-order valence-electron chi connectivity index (χ1n) is 5.17. The first-order valence-corrected chi connectivity index (χ1v) is 5.17. The van der Waals surface area contributed by atoms with Gasteiger partial charge >= 0.3 is 0 Å². The van der Waals surface area contributed by atoms with Gasteiger partial charge in [0.2, 0.25) is 0 Å². The van der Waals surface area contributed by atoms with Crippen LogP contribution in [0.5, 0.6) is 0 Å². The summed E-state index contributed by atoms with van der Waals surface area (Å²) in [7, 11) is 0. The largest absolute Gasteiger partial charge is 0.389 e. The summed E-state index contributed by atoms with van der Waals surface area (Å²) in [6.07, 6.45) is 4.21. The van der Waals surface area contributed by atoms with Gasteiger partial charge in [-0.2, -0.15) is 5.26 Å². The molecule has 1 fully saturated rings. The van der Waals surface area contributed by atoms with Crippen LogP contribution in [0.1, 0.15) is 46.0 Å². The van der Waals surface area contributed by atoms with Crippen LogP contribution in [0.15, 0.2) is 0 Å². The molecular weight excluding hydrogens is 162 g/mol. The van der Waals surface area contributed by atoms with Crippen LogP contribution in [0.3, 0.4) is 0 Å². The van der Waals surface area contributed by atoms with Gasteiger partial charge in [0.1, 0.15) is 0 Å². The molecule has 74 valence electrons. The van der Waals surface area contributed by atoms with Crippen molar-refractivity contribution in [1.82, 2.24) is 0 Å². The summed E-state index contributed by atoms with van der Waals surface area (Å²) < 4.78 is 0. The van der Waals surface area contributed by atoms with E-state index in [0.717, 1.165) is 19.3 Å². The highest BCUT2D eigenvalue weighted by molar-refractivity contribution is 4.93. The molecule has 0 saturated heterocycles. The van der Waals surface area contributed by atoms with Crippen molar-refractivity contribution in [2.75, 3.05) is 0 Å². The maximum Gasteiger partial charge on any atom is 0.0779 e. The molecule has 0 amide bonds. The van der Waals surface area contributed by atoms with Gasteiger partial charge in [-0.25, -0.2) is 0 Å². The molecule has 2 heteroatoms. The molecule has 2 nitrogen and oxygen atoms in total. The second-order valence-corrected chi connectivity index (χ2v) is 4.66. The standard InChI is InChI=1S/C11H19NO/c1-9(2)10-4-3-5-11(13,8-10)6-7-12/h9-10,13H,3-6,8H2,1-2H3. The van der Waals surface area contributed by atoms with Crippen molar-refractivity contribution < 1.29 is 5.11 Å². The van der Waals surface area contributed by atoms with E-state index in [0.29, 0.717) is 18.3 Å². The molecule has 0 aromatic rings. The van der Waals surface area contributed by atoms with Gasteiger partial charge in [-0.1, -0.05) is 20.3 Å². The van der Waals surface area contributed by atoms with E-state index in [4.69, 9.17) is 5.26 Å². The van der Waals surface area contributed by atoms with E-state index in [1.165, 1.54) is 6.42 Å². The van der Waals surface area contributed by atoms with E-state index >= 15 is 0 Å². The van der Waals surface area contributed by atoms with Gasteiger partial charge in [0.25, 0.3) is 0 Å². The van der Waals surface area contributed by atoms with Crippen LogP contribution in [0, 0.1) is 23.2 Å². The number of nitriles is 1. The summed E-state index contributed by atoms with van der Waals surface area (Å²) in [4.78, 5) is 0. The fourth-order valence-corrected chi connectivity index (χ4v) is 2.26. The predicted molar refractivity (Wildman–Crippen MR) is 52.0 cm³/mol. The Bertz CT molecular complexity index is 207. The Kier molecular flexibility index (Phi) is 3.33. The molecular formula is C11H19NO.